The Labute approximate surface area is 235 Å². The highest BCUT2D eigenvalue weighted by Crippen LogP contribution is 2.44. The van der Waals surface area contributed by atoms with E-state index in [-0.39, 0.29) is 35.0 Å². The number of hydrogen-bond donors (Lipinski definition) is 2. The highest BCUT2D eigenvalue weighted by atomic mass is 35.5. The van der Waals surface area contributed by atoms with Crippen LogP contribution in [-0.4, -0.2) is 78.4 Å². The number of carbonyl (C=O) groups is 3. The van der Waals surface area contributed by atoms with Crippen molar-refractivity contribution >= 4 is 35.2 Å². The van der Waals surface area contributed by atoms with Gasteiger partial charge in [-0.05, 0) is 77.5 Å². The third kappa shape index (κ3) is 6.20. The number of fused-ring (bicyclic) bond motifs is 3. The number of nitrogens with one attached hydrogen (secondary N) is 2. The van der Waals surface area contributed by atoms with Gasteiger partial charge in [-0.3, -0.25) is 19.8 Å². The van der Waals surface area contributed by atoms with Gasteiger partial charge in [0, 0.05) is 49.4 Å². The van der Waals surface area contributed by atoms with E-state index in [9.17, 15) is 14.4 Å². The number of benzene rings is 1. The third-order valence-corrected chi connectivity index (χ3v) is 9.09. The maximum atomic E-state index is 12.4. The molecule has 9 nitrogen and oxygen atoms in total. The normalized spacial score (nSPS) is 31.7. The summed E-state index contributed by atoms with van der Waals surface area (Å²) in [4.78, 5) is 41.1. The van der Waals surface area contributed by atoms with Crippen molar-refractivity contribution in [2.75, 3.05) is 37.7 Å². The molecule has 2 N–H and O–H groups in total. The smallest absolute Gasteiger partial charge is 0.408 e. The number of piperazine rings is 1. The number of piperidine rings is 1. The average molecular weight is 561 g/mol. The molecule has 4 saturated heterocycles. The van der Waals surface area contributed by atoms with Gasteiger partial charge in [0.05, 0.1) is 23.7 Å². The standard InChI is InChI=1S/C29H41ClN4O5/c1-19-16-33(20-5-6-21(23(30)15-20)22-7-8-24(35)31-25(22)36)13-14-34(19)17-29-11-9-28(10-12-29,18-38-29)32-26(37)39-27(2,3)4/h5-6,15,19,22H,7-14,16-18H2,1-4H3,(H,32,37)(H,31,35,36)/t19-,22?,28?,29?/m1/s1. The molecule has 1 aliphatic carbocycles. The lowest BCUT2D eigenvalue weighted by Crippen LogP contribution is -2.66. The number of carbonyl (C=O) groups excluding carboxylic acids is 3. The van der Waals surface area contributed by atoms with Crippen LogP contribution < -0.4 is 15.5 Å². The zero-order valence-electron chi connectivity index (χ0n) is 23.5. The fourth-order valence-electron chi connectivity index (χ4n) is 6.47. The van der Waals surface area contributed by atoms with Crippen molar-refractivity contribution in [2.45, 2.75) is 94.9 Å². The van der Waals surface area contributed by atoms with Crippen molar-refractivity contribution in [3.05, 3.63) is 28.8 Å². The first-order chi connectivity index (χ1) is 18.4. The Morgan fingerprint density at radius 2 is 1.95 bits per heavy atom. The van der Waals surface area contributed by atoms with E-state index in [4.69, 9.17) is 21.1 Å². The molecule has 2 atom stereocenters. The maximum absolute atomic E-state index is 12.4. The van der Waals surface area contributed by atoms with Gasteiger partial charge in [0.15, 0.2) is 0 Å². The van der Waals surface area contributed by atoms with Crippen LogP contribution in [-0.2, 0) is 19.1 Å². The van der Waals surface area contributed by atoms with Crippen LogP contribution in [0, 0.1) is 0 Å². The maximum Gasteiger partial charge on any atom is 0.408 e. The molecule has 6 rings (SSSR count). The number of halogens is 1. The molecule has 1 unspecified atom stereocenters. The number of imide groups is 1. The SMILES string of the molecule is C[C@@H]1CN(c2ccc(C3CCC(=O)NC3=O)c(Cl)c2)CCN1CC12CCC(NC(=O)OC(C)(C)C)(CC1)CO2. The molecule has 1 aromatic carbocycles. The number of alkyl carbamates (subject to hydrolysis) is 1. The average Bonchev–Trinajstić information content (AvgIpc) is 2.86. The minimum Gasteiger partial charge on any atom is -0.444 e. The van der Waals surface area contributed by atoms with Crippen molar-refractivity contribution in [3.8, 4) is 0 Å². The zero-order chi connectivity index (χ0) is 28.0. The Morgan fingerprint density at radius 1 is 1.21 bits per heavy atom. The van der Waals surface area contributed by atoms with Gasteiger partial charge in [-0.15, -0.1) is 0 Å². The predicted octanol–water partition coefficient (Wildman–Crippen LogP) is 3.98. The summed E-state index contributed by atoms with van der Waals surface area (Å²) in [5.41, 5.74) is 0.813. The summed E-state index contributed by atoms with van der Waals surface area (Å²) >= 11 is 6.64. The lowest BCUT2D eigenvalue weighted by molar-refractivity contribution is -0.172. The van der Waals surface area contributed by atoms with Crippen LogP contribution in [0.15, 0.2) is 18.2 Å². The van der Waals surface area contributed by atoms with Crippen LogP contribution in [0.25, 0.3) is 0 Å². The molecule has 1 aromatic rings. The molecule has 3 amide bonds. The molecule has 10 heteroatoms. The Morgan fingerprint density at radius 3 is 2.54 bits per heavy atom. The van der Waals surface area contributed by atoms with Crippen LogP contribution in [0.1, 0.15) is 77.7 Å². The van der Waals surface area contributed by atoms with Crippen molar-refractivity contribution in [3.63, 3.8) is 0 Å². The van der Waals surface area contributed by atoms with E-state index in [0.29, 0.717) is 30.5 Å². The molecule has 0 radical (unpaired) electrons. The largest absolute Gasteiger partial charge is 0.444 e. The Balaban J connectivity index is 1.15. The molecular weight excluding hydrogens is 520 g/mol. The number of rotatable bonds is 5. The monoisotopic (exact) mass is 560 g/mol. The number of nitrogens with zero attached hydrogens (tertiary/aromatic N) is 2. The highest BCUT2D eigenvalue weighted by molar-refractivity contribution is 6.32. The van der Waals surface area contributed by atoms with Gasteiger partial charge in [-0.1, -0.05) is 17.7 Å². The summed E-state index contributed by atoms with van der Waals surface area (Å²) in [6.07, 6.45) is 4.11. The minimum atomic E-state index is -0.520. The summed E-state index contributed by atoms with van der Waals surface area (Å²) in [7, 11) is 0. The molecule has 1 saturated carbocycles. The first-order valence-corrected chi connectivity index (χ1v) is 14.5. The molecule has 5 fully saturated rings. The fraction of sp³-hybridized carbons (Fsp3) is 0.690. The number of anilines is 1. The van der Waals surface area contributed by atoms with Gasteiger partial charge in [0.2, 0.25) is 11.8 Å². The summed E-state index contributed by atoms with van der Waals surface area (Å²) in [5.74, 6) is -0.879. The summed E-state index contributed by atoms with van der Waals surface area (Å²) in [6.45, 7) is 12.0. The van der Waals surface area contributed by atoms with Crippen molar-refractivity contribution in [1.29, 1.82) is 0 Å². The Hall–Kier alpha value is -2.36. The van der Waals surface area contributed by atoms with E-state index in [1.165, 1.54) is 0 Å². The second kappa shape index (κ2) is 10.6. The highest BCUT2D eigenvalue weighted by Gasteiger charge is 2.52. The van der Waals surface area contributed by atoms with Gasteiger partial charge in [0.1, 0.15) is 5.60 Å². The summed E-state index contributed by atoms with van der Waals surface area (Å²) < 4.78 is 12.0. The summed E-state index contributed by atoms with van der Waals surface area (Å²) in [5, 5.41) is 6.10. The van der Waals surface area contributed by atoms with Crippen LogP contribution in [0.5, 0.6) is 0 Å². The third-order valence-electron chi connectivity index (χ3n) is 8.76. The predicted molar refractivity (Wildman–Crippen MR) is 149 cm³/mol. The number of amides is 3. The van der Waals surface area contributed by atoms with E-state index in [2.05, 4.69) is 27.4 Å². The Kier molecular flexibility index (Phi) is 7.63. The first-order valence-electron chi connectivity index (χ1n) is 14.1. The van der Waals surface area contributed by atoms with Crippen molar-refractivity contribution in [2.24, 2.45) is 0 Å². The van der Waals surface area contributed by atoms with Crippen molar-refractivity contribution in [1.82, 2.24) is 15.5 Å². The lowest BCUT2D eigenvalue weighted by atomic mass is 9.71. The van der Waals surface area contributed by atoms with E-state index < -0.39 is 5.60 Å². The molecule has 5 aliphatic rings. The van der Waals surface area contributed by atoms with Gasteiger partial charge >= 0.3 is 6.09 Å². The minimum absolute atomic E-state index is 0.166. The van der Waals surface area contributed by atoms with Gasteiger partial charge in [-0.25, -0.2) is 4.79 Å². The van der Waals surface area contributed by atoms with Crippen LogP contribution in [0.3, 0.4) is 0 Å². The zero-order valence-corrected chi connectivity index (χ0v) is 24.2. The number of hydrogen-bond acceptors (Lipinski definition) is 7. The van der Waals surface area contributed by atoms with Crippen LogP contribution in [0.4, 0.5) is 10.5 Å². The van der Waals surface area contributed by atoms with Crippen LogP contribution in [0.2, 0.25) is 5.02 Å². The molecular formula is C29H41ClN4O5. The van der Waals surface area contributed by atoms with Gasteiger partial charge in [-0.2, -0.15) is 0 Å². The summed E-state index contributed by atoms with van der Waals surface area (Å²) in [6, 6.07) is 6.25. The molecule has 4 aliphatic heterocycles. The van der Waals surface area contributed by atoms with E-state index in [1.807, 2.05) is 39.0 Å². The van der Waals surface area contributed by atoms with Crippen molar-refractivity contribution < 1.29 is 23.9 Å². The van der Waals surface area contributed by atoms with Gasteiger partial charge in [0.25, 0.3) is 0 Å². The number of ether oxygens (including phenoxy) is 2. The molecule has 2 bridgehead atoms. The topological polar surface area (TPSA) is 100 Å². The molecule has 0 aromatic heterocycles. The lowest BCUT2D eigenvalue weighted by Gasteiger charge is -2.55. The fourth-order valence-corrected chi connectivity index (χ4v) is 6.78. The molecule has 214 valence electrons. The molecule has 0 spiro atoms. The van der Waals surface area contributed by atoms with E-state index in [0.717, 1.165) is 63.1 Å². The van der Waals surface area contributed by atoms with Gasteiger partial charge < -0.3 is 19.7 Å². The van der Waals surface area contributed by atoms with E-state index >= 15 is 0 Å². The quantitative estimate of drug-likeness (QED) is 0.525. The Bertz CT molecular complexity index is 1110. The second-order valence-corrected chi connectivity index (χ2v) is 13.3. The first kappa shape index (κ1) is 28.2. The molecule has 39 heavy (non-hydrogen) atoms. The van der Waals surface area contributed by atoms with E-state index in [1.54, 1.807) is 0 Å². The second-order valence-electron chi connectivity index (χ2n) is 12.9. The van der Waals surface area contributed by atoms with Crippen LogP contribution >= 0.6 is 11.6 Å². The molecule has 4 heterocycles.